The van der Waals surface area contributed by atoms with Crippen LogP contribution >= 0.6 is 0 Å². The van der Waals surface area contributed by atoms with Gasteiger partial charge in [0, 0.05) is 17.7 Å². The monoisotopic (exact) mass is 280 g/mol. The van der Waals surface area contributed by atoms with E-state index in [1.807, 2.05) is 19.1 Å². The Labute approximate surface area is 122 Å². The number of hydrogen-bond acceptors (Lipinski definition) is 2. The van der Waals surface area contributed by atoms with Crippen molar-refractivity contribution < 1.29 is 9.59 Å². The predicted molar refractivity (Wildman–Crippen MR) is 81.8 cm³/mol. The van der Waals surface area contributed by atoms with E-state index < -0.39 is 5.91 Å². The maximum Gasteiger partial charge on any atom is 0.254 e. The minimum absolute atomic E-state index is 0.0733. The predicted octanol–water partition coefficient (Wildman–Crippen LogP) is 2.15. The van der Waals surface area contributed by atoms with E-state index in [1.54, 1.807) is 4.90 Å². The molecule has 2 aromatic rings. The number of carbonyl (C=O) groups excluding carboxylic acids is 2. The van der Waals surface area contributed by atoms with Crippen molar-refractivity contribution in [2.75, 3.05) is 6.54 Å². The van der Waals surface area contributed by atoms with Gasteiger partial charge in [0.25, 0.3) is 5.91 Å². The molecule has 0 unspecified atom stereocenters. The summed E-state index contributed by atoms with van der Waals surface area (Å²) >= 11 is 0. The highest BCUT2D eigenvalue weighted by Gasteiger charge is 2.29. The highest BCUT2D eigenvalue weighted by Crippen LogP contribution is 2.31. The molecule has 1 aliphatic heterocycles. The van der Waals surface area contributed by atoms with Crippen LogP contribution < -0.4 is 5.73 Å². The van der Waals surface area contributed by atoms with Crippen LogP contribution in [0.4, 0.5) is 0 Å². The molecule has 0 aliphatic carbocycles. The van der Waals surface area contributed by atoms with Crippen LogP contribution in [-0.4, -0.2) is 23.3 Å². The first-order valence-corrected chi connectivity index (χ1v) is 6.76. The molecule has 2 aromatic carbocycles. The van der Waals surface area contributed by atoms with Crippen LogP contribution in [0.15, 0.2) is 42.5 Å². The number of nitrogens with zero attached hydrogens (tertiary/aromatic N) is 1. The van der Waals surface area contributed by atoms with Crippen LogP contribution in [0, 0.1) is 6.92 Å². The van der Waals surface area contributed by atoms with Gasteiger partial charge >= 0.3 is 0 Å². The van der Waals surface area contributed by atoms with Gasteiger partial charge in [-0.25, -0.2) is 0 Å². The molecule has 0 bridgehead atoms. The summed E-state index contributed by atoms with van der Waals surface area (Å²) < 4.78 is 0. The van der Waals surface area contributed by atoms with Crippen LogP contribution in [0.3, 0.4) is 0 Å². The van der Waals surface area contributed by atoms with Crippen LogP contribution in [0.1, 0.15) is 21.5 Å². The molecular weight excluding hydrogens is 264 g/mol. The van der Waals surface area contributed by atoms with Gasteiger partial charge < -0.3 is 10.6 Å². The Kier molecular flexibility index (Phi) is 3.01. The third kappa shape index (κ3) is 2.18. The zero-order valence-corrected chi connectivity index (χ0v) is 11.8. The molecule has 0 aromatic heterocycles. The number of primary amides is 1. The average Bonchev–Trinajstić information content (AvgIpc) is 2.76. The summed E-state index contributed by atoms with van der Waals surface area (Å²) in [5.74, 6) is -0.643. The maximum absolute atomic E-state index is 12.4. The zero-order valence-electron chi connectivity index (χ0n) is 11.8. The number of carbonyl (C=O) groups is 2. The van der Waals surface area contributed by atoms with Crippen molar-refractivity contribution in [2.24, 2.45) is 5.73 Å². The Bertz CT molecular complexity index is 793. The van der Waals surface area contributed by atoms with E-state index in [1.165, 1.54) is 0 Å². The van der Waals surface area contributed by atoms with Crippen LogP contribution in [0.5, 0.6) is 0 Å². The lowest BCUT2D eigenvalue weighted by atomic mass is 9.99. The van der Waals surface area contributed by atoms with Gasteiger partial charge in [-0.05, 0) is 29.3 Å². The number of benzene rings is 2. The number of fused-ring (bicyclic) bond motifs is 3. The molecule has 0 saturated carbocycles. The minimum Gasteiger partial charge on any atom is -0.366 e. The summed E-state index contributed by atoms with van der Waals surface area (Å²) in [4.78, 5) is 25.1. The first-order valence-electron chi connectivity index (χ1n) is 6.76. The molecule has 21 heavy (non-hydrogen) atoms. The fourth-order valence-electron chi connectivity index (χ4n) is 2.74. The van der Waals surface area contributed by atoms with Crippen molar-refractivity contribution >= 4 is 22.6 Å². The van der Waals surface area contributed by atoms with Gasteiger partial charge in [-0.15, -0.1) is 0 Å². The van der Waals surface area contributed by atoms with Gasteiger partial charge in [0.2, 0.25) is 5.91 Å². The molecule has 2 amide bonds. The third-order valence-electron chi connectivity index (χ3n) is 3.89. The average molecular weight is 280 g/mol. The first-order chi connectivity index (χ1) is 9.97. The van der Waals surface area contributed by atoms with E-state index in [-0.39, 0.29) is 18.0 Å². The number of rotatable bonds is 3. The van der Waals surface area contributed by atoms with E-state index in [4.69, 9.17) is 5.73 Å². The fraction of sp³-hybridized carbons (Fsp3) is 0.176. The van der Waals surface area contributed by atoms with E-state index in [2.05, 4.69) is 24.8 Å². The molecule has 1 heterocycles. The Morgan fingerprint density at radius 1 is 1.33 bits per heavy atom. The van der Waals surface area contributed by atoms with Crippen molar-refractivity contribution in [1.82, 2.24) is 4.90 Å². The van der Waals surface area contributed by atoms with Crippen LogP contribution in [0.25, 0.3) is 10.8 Å². The Balaban J connectivity index is 2.02. The normalized spacial score (nSPS) is 13.6. The Morgan fingerprint density at radius 3 is 2.76 bits per heavy atom. The largest absolute Gasteiger partial charge is 0.366 e. The van der Waals surface area contributed by atoms with Gasteiger partial charge in [0.15, 0.2) is 0 Å². The lowest BCUT2D eigenvalue weighted by Gasteiger charge is -2.15. The molecule has 0 spiro atoms. The standard InChI is InChI=1S/C17H16N2O2/c1-10-3-4-12-5-6-13-15(14(12)7-10)9-19(17(13)21)8-11(2)16(18)20/h3-7H,2,8-9H2,1H3,(H2,18,20). The summed E-state index contributed by atoms with van der Waals surface area (Å²) in [7, 11) is 0. The van der Waals surface area contributed by atoms with Crippen LogP contribution in [-0.2, 0) is 11.3 Å². The second-order valence-corrected chi connectivity index (χ2v) is 5.45. The molecule has 4 nitrogen and oxygen atoms in total. The molecule has 0 atom stereocenters. The zero-order chi connectivity index (χ0) is 15.1. The molecule has 1 aliphatic rings. The quantitative estimate of drug-likeness (QED) is 0.876. The van der Waals surface area contributed by atoms with Crippen molar-refractivity contribution in [2.45, 2.75) is 13.5 Å². The minimum atomic E-state index is -0.570. The summed E-state index contributed by atoms with van der Waals surface area (Å²) in [5, 5.41) is 2.20. The van der Waals surface area contributed by atoms with Crippen LogP contribution in [0.2, 0.25) is 0 Å². The summed E-state index contributed by atoms with van der Waals surface area (Å²) in [6.07, 6.45) is 0. The maximum atomic E-state index is 12.4. The number of nitrogens with two attached hydrogens (primary N) is 1. The topological polar surface area (TPSA) is 63.4 Å². The SMILES string of the molecule is C=C(CN1Cc2c(ccc3ccc(C)cc23)C1=O)C(N)=O. The van der Waals surface area contributed by atoms with E-state index >= 15 is 0 Å². The number of aryl methyl sites for hydroxylation is 1. The van der Waals surface area contributed by atoms with Crippen molar-refractivity contribution in [3.05, 3.63) is 59.2 Å². The van der Waals surface area contributed by atoms with Crippen molar-refractivity contribution in [1.29, 1.82) is 0 Å². The Hall–Kier alpha value is -2.62. The van der Waals surface area contributed by atoms with E-state index in [0.717, 1.165) is 21.9 Å². The molecule has 2 N–H and O–H groups in total. The van der Waals surface area contributed by atoms with Gasteiger partial charge in [-0.1, -0.05) is 36.4 Å². The summed E-state index contributed by atoms with van der Waals surface area (Å²) in [6.45, 7) is 6.32. The van der Waals surface area contributed by atoms with E-state index in [0.29, 0.717) is 12.1 Å². The second kappa shape index (κ2) is 4.74. The van der Waals surface area contributed by atoms with Gasteiger partial charge in [0.1, 0.15) is 0 Å². The molecule has 106 valence electrons. The molecule has 3 rings (SSSR count). The highest BCUT2D eigenvalue weighted by atomic mass is 16.2. The van der Waals surface area contributed by atoms with Gasteiger partial charge in [-0.2, -0.15) is 0 Å². The van der Waals surface area contributed by atoms with Crippen molar-refractivity contribution in [3.63, 3.8) is 0 Å². The van der Waals surface area contributed by atoms with Crippen molar-refractivity contribution in [3.8, 4) is 0 Å². The van der Waals surface area contributed by atoms with E-state index in [9.17, 15) is 9.59 Å². The molecule has 0 radical (unpaired) electrons. The first kappa shape index (κ1) is 13.4. The lowest BCUT2D eigenvalue weighted by Crippen LogP contribution is -2.30. The molecule has 0 fully saturated rings. The van der Waals surface area contributed by atoms with Gasteiger partial charge in [0.05, 0.1) is 6.54 Å². The Morgan fingerprint density at radius 2 is 2.05 bits per heavy atom. The molecule has 0 saturated heterocycles. The molecule has 4 heteroatoms. The summed E-state index contributed by atoms with van der Waals surface area (Å²) in [5.41, 5.74) is 8.31. The number of amides is 2. The smallest absolute Gasteiger partial charge is 0.254 e. The highest BCUT2D eigenvalue weighted by molar-refractivity contribution is 6.05. The third-order valence-corrected chi connectivity index (χ3v) is 3.89. The lowest BCUT2D eigenvalue weighted by molar-refractivity contribution is -0.114. The number of hydrogen-bond donors (Lipinski definition) is 1. The molecular formula is C17H16N2O2. The summed E-state index contributed by atoms with van der Waals surface area (Å²) in [6, 6.07) is 10.0. The second-order valence-electron chi connectivity index (χ2n) is 5.45. The van der Waals surface area contributed by atoms with Gasteiger partial charge in [-0.3, -0.25) is 9.59 Å². The fourth-order valence-corrected chi connectivity index (χ4v) is 2.74.